The minimum Gasteiger partial charge on any atom is 0 e. The fourth-order valence-corrected chi connectivity index (χ4v) is 1.24. The van der Waals surface area contributed by atoms with Gasteiger partial charge in [-0.1, -0.05) is 48.6 Å². The topological polar surface area (TPSA) is 117 Å². The van der Waals surface area contributed by atoms with Crippen LogP contribution in [0, 0.1) is 20.0 Å². The maximum Gasteiger partial charge on any atom is 0 e. The van der Waals surface area contributed by atoms with Crippen LogP contribution in [0.3, 0.4) is 0 Å². The van der Waals surface area contributed by atoms with Crippen LogP contribution < -0.4 is 0 Å². The summed E-state index contributed by atoms with van der Waals surface area (Å²) in [5.41, 5.74) is 0. The van der Waals surface area contributed by atoms with E-state index in [9.17, 15) is 4.79 Å². The molecular formula is C18H22FeO6. The van der Waals surface area contributed by atoms with Crippen molar-refractivity contribution in [1.82, 2.24) is 0 Å². The molecule has 0 bridgehead atoms. The van der Waals surface area contributed by atoms with E-state index in [-0.39, 0.29) is 30.1 Å². The van der Waals surface area contributed by atoms with Crippen LogP contribution in [0.4, 0.5) is 0 Å². The molecule has 0 heterocycles. The molecule has 0 radical (unpaired) electrons. The first kappa shape index (κ1) is 34.5. The molecule has 0 saturated heterocycles. The molecule has 138 valence electrons. The van der Waals surface area contributed by atoms with Crippen LogP contribution >= 0.6 is 0 Å². The van der Waals surface area contributed by atoms with Crippen molar-refractivity contribution < 1.29 is 46.0 Å². The number of hydrogen-bond donors (Lipinski definition) is 2. The van der Waals surface area contributed by atoms with E-state index >= 15 is 0 Å². The summed E-state index contributed by atoms with van der Waals surface area (Å²) >= 11 is 0. The number of allylic oxidation sites excluding steroid dienone is 7. The largest absolute Gasteiger partial charge is 0 e. The second-order valence-electron chi connectivity index (χ2n) is 3.76. The molecule has 6 nitrogen and oxygen atoms in total. The van der Waals surface area contributed by atoms with Crippen molar-refractivity contribution in [1.29, 1.82) is 0 Å². The fourth-order valence-electron chi connectivity index (χ4n) is 1.24. The van der Waals surface area contributed by atoms with Gasteiger partial charge in [0.05, 0.1) is 6.61 Å². The number of carboxylic acids is 1. The van der Waals surface area contributed by atoms with Crippen molar-refractivity contribution in [2.45, 2.75) is 32.1 Å². The Labute approximate surface area is 159 Å². The van der Waals surface area contributed by atoms with Crippen LogP contribution in [0.15, 0.2) is 48.6 Å². The number of hydrogen-bond acceptors (Lipinski definition) is 2. The Balaban J connectivity index is -0.000000171. The number of aliphatic hydroxyl groups is 1. The Morgan fingerprint density at radius 2 is 1.20 bits per heavy atom. The van der Waals surface area contributed by atoms with Gasteiger partial charge in [-0.3, -0.25) is 4.79 Å². The normalized spacial score (nSPS) is 9.24. The minimum absolute atomic E-state index is 0. The van der Waals surface area contributed by atoms with Gasteiger partial charge in [0, 0.05) is 23.5 Å². The van der Waals surface area contributed by atoms with E-state index in [0.717, 1.165) is 19.3 Å². The molecule has 0 aliphatic rings. The second kappa shape index (κ2) is 43.2. The summed E-state index contributed by atoms with van der Waals surface area (Å²) in [4.78, 5) is 10.2. The Morgan fingerprint density at radius 1 is 0.760 bits per heavy atom. The molecule has 0 rings (SSSR count). The molecule has 0 atom stereocenters. The number of carbonyl (C=O) groups is 1. The van der Waals surface area contributed by atoms with E-state index in [1.165, 1.54) is 0 Å². The molecule has 0 aromatic rings. The average molecular weight is 390 g/mol. The van der Waals surface area contributed by atoms with Gasteiger partial charge in [0.1, 0.15) is 0 Å². The first-order valence-electron chi connectivity index (χ1n) is 6.84. The first-order chi connectivity index (χ1) is 11.8. The smallest absolute Gasteiger partial charge is 0 e. The predicted octanol–water partition coefficient (Wildman–Crippen LogP) is 3.12. The maximum absolute atomic E-state index is 10.2. The third-order valence-electron chi connectivity index (χ3n) is 2.14. The van der Waals surface area contributed by atoms with Gasteiger partial charge in [0.2, 0.25) is 0 Å². The van der Waals surface area contributed by atoms with Crippen LogP contribution in [0.25, 0.3) is 0 Å². The Bertz CT molecular complexity index is 416. The standard InChI is InChI=1S/C15H22O3.3CO.Fe/c16-14-12-10-8-6-4-2-1-3-5-7-9-11-13-15(17)18;3*1-2;/h2,4,6-10,12,16H,1,3,5,11,13-14H2,(H,17,18);;;;/b4-2+,8-6+,9-7+,12-10-;;;;. The van der Waals surface area contributed by atoms with Crippen LogP contribution in [-0.4, -0.2) is 22.8 Å². The van der Waals surface area contributed by atoms with Crippen LogP contribution in [0.5, 0.6) is 0 Å². The van der Waals surface area contributed by atoms with Crippen LogP contribution in [0.1, 0.15) is 32.1 Å². The van der Waals surface area contributed by atoms with Crippen molar-refractivity contribution in [3.05, 3.63) is 68.6 Å². The zero-order valence-electron chi connectivity index (χ0n) is 13.7. The fraction of sp³-hybridized carbons (Fsp3) is 0.333. The molecule has 0 aromatic carbocycles. The Morgan fingerprint density at radius 3 is 1.68 bits per heavy atom. The predicted molar refractivity (Wildman–Crippen MR) is 86.2 cm³/mol. The number of unbranched alkanes of at least 4 members (excludes halogenated alkanes) is 2. The monoisotopic (exact) mass is 390 g/mol. The number of rotatable bonds is 10. The van der Waals surface area contributed by atoms with Gasteiger partial charge < -0.3 is 10.2 Å². The molecular weight excluding hydrogens is 368 g/mol. The van der Waals surface area contributed by atoms with Gasteiger partial charge >= 0.3 is 39.9 Å². The third-order valence-corrected chi connectivity index (χ3v) is 2.14. The summed E-state index contributed by atoms with van der Waals surface area (Å²) in [6, 6.07) is 0. The van der Waals surface area contributed by atoms with E-state index in [2.05, 4.69) is 26.0 Å². The molecule has 0 aliphatic carbocycles. The SMILES string of the molecule is O=C(O)CC/C=C/CCC/C=C/C=C/C=C\CO.[C-]#[O+].[C-]#[O+].[C-]#[O+].[Fe]. The third kappa shape index (κ3) is 52.0. The second-order valence-corrected chi connectivity index (χ2v) is 3.76. The number of aliphatic hydroxyl groups excluding tert-OH is 1. The van der Waals surface area contributed by atoms with Crippen molar-refractivity contribution in [2.24, 2.45) is 0 Å². The summed E-state index contributed by atoms with van der Waals surface area (Å²) in [5, 5.41) is 16.9. The Kier molecular flexibility index (Phi) is 59.5. The zero-order valence-corrected chi connectivity index (χ0v) is 14.8. The number of carboxylic acid groups (broad SMARTS) is 1. The molecule has 0 aromatic heterocycles. The van der Waals surface area contributed by atoms with E-state index in [1.54, 1.807) is 12.2 Å². The van der Waals surface area contributed by atoms with Crippen LogP contribution in [0.2, 0.25) is 0 Å². The van der Waals surface area contributed by atoms with Gasteiger partial charge in [-0.15, -0.1) is 0 Å². The van der Waals surface area contributed by atoms with Gasteiger partial charge in [-0.05, 0) is 25.7 Å². The zero-order chi connectivity index (χ0) is 19.5. The Hall–Kier alpha value is -1.87. The minimum atomic E-state index is -0.746. The molecule has 0 unspecified atom stereocenters. The van der Waals surface area contributed by atoms with E-state index < -0.39 is 5.97 Å². The van der Waals surface area contributed by atoms with Gasteiger partial charge in [0.15, 0.2) is 0 Å². The average Bonchev–Trinajstić information content (AvgIpc) is 2.64. The van der Waals surface area contributed by atoms with Crippen molar-refractivity contribution in [2.75, 3.05) is 6.61 Å². The van der Waals surface area contributed by atoms with Gasteiger partial charge in [0.25, 0.3) is 0 Å². The summed E-state index contributed by atoms with van der Waals surface area (Å²) in [5.74, 6) is -0.746. The summed E-state index contributed by atoms with van der Waals surface area (Å²) in [6.45, 7) is 13.6. The van der Waals surface area contributed by atoms with Crippen LogP contribution in [-0.2, 0) is 35.8 Å². The molecule has 0 aliphatic heterocycles. The quantitative estimate of drug-likeness (QED) is 0.149. The molecule has 0 amide bonds. The molecule has 0 fully saturated rings. The van der Waals surface area contributed by atoms with E-state index in [1.807, 2.05) is 30.4 Å². The molecule has 25 heavy (non-hydrogen) atoms. The van der Waals surface area contributed by atoms with Crippen molar-refractivity contribution in [3.63, 3.8) is 0 Å². The maximum atomic E-state index is 10.2. The van der Waals surface area contributed by atoms with E-state index in [0.29, 0.717) is 6.42 Å². The molecule has 7 heteroatoms. The summed E-state index contributed by atoms with van der Waals surface area (Å²) in [7, 11) is 0. The number of aliphatic carboxylic acids is 1. The molecule has 2 N–H and O–H groups in total. The van der Waals surface area contributed by atoms with Gasteiger partial charge in [-0.25, -0.2) is 0 Å². The van der Waals surface area contributed by atoms with Gasteiger partial charge in [-0.2, -0.15) is 0 Å². The van der Waals surface area contributed by atoms with Crippen molar-refractivity contribution >= 4 is 5.97 Å². The molecule has 0 spiro atoms. The molecule has 0 saturated carbocycles. The summed E-state index contributed by atoms with van der Waals surface area (Å²) < 4.78 is 22.5. The van der Waals surface area contributed by atoms with Crippen molar-refractivity contribution in [3.8, 4) is 0 Å². The summed E-state index contributed by atoms with van der Waals surface area (Å²) in [6.07, 6.45) is 19.2. The first-order valence-corrected chi connectivity index (χ1v) is 6.84. The van der Waals surface area contributed by atoms with E-state index in [4.69, 9.17) is 24.2 Å².